The van der Waals surface area contributed by atoms with Gasteiger partial charge in [0.25, 0.3) is 0 Å². The van der Waals surface area contributed by atoms with Gasteiger partial charge >= 0.3 is 0 Å². The fourth-order valence-electron chi connectivity index (χ4n) is 3.18. The monoisotopic (exact) mass is 409 g/mol. The predicted molar refractivity (Wildman–Crippen MR) is 109 cm³/mol. The first kappa shape index (κ1) is 20.3. The number of imidazole rings is 1. The van der Waals surface area contributed by atoms with Crippen molar-refractivity contribution < 1.29 is 0 Å². The number of unbranched alkanes of at least 4 members (excludes halogenated alkanes) is 1. The number of halogens is 1. The molecule has 1 atom stereocenters. The molecule has 1 aliphatic heterocycles. The summed E-state index contributed by atoms with van der Waals surface area (Å²) in [5.74, 6) is 1.16. The van der Waals surface area contributed by atoms with E-state index >= 15 is 0 Å². The van der Waals surface area contributed by atoms with E-state index in [1.54, 1.807) is 0 Å². The number of hydrogen-bond acceptors (Lipinski definition) is 4. The summed E-state index contributed by atoms with van der Waals surface area (Å²) in [7, 11) is 2.16. The van der Waals surface area contributed by atoms with Gasteiger partial charge in [0.15, 0.2) is 5.65 Å². The van der Waals surface area contributed by atoms with E-state index < -0.39 is 0 Å². The first-order chi connectivity index (χ1) is 12.0. The number of nitrogens with zero attached hydrogens (tertiary/aromatic N) is 4. The summed E-state index contributed by atoms with van der Waals surface area (Å²) in [6.45, 7) is 13.1. The summed E-state index contributed by atoms with van der Waals surface area (Å²) in [6, 6.07) is 0.689. The van der Waals surface area contributed by atoms with Crippen molar-refractivity contribution in [2.24, 2.45) is 0 Å². The minimum Gasteiger partial charge on any atom is -0.313 e. The molecule has 5 nitrogen and oxygen atoms in total. The third-order valence-corrected chi connectivity index (χ3v) is 5.48. The second-order valence-electron chi connectivity index (χ2n) is 6.90. The van der Waals surface area contributed by atoms with Crippen LogP contribution in [-0.4, -0.2) is 52.2 Å². The summed E-state index contributed by atoms with van der Waals surface area (Å²) in [6.07, 6.45) is 5.29. The summed E-state index contributed by atoms with van der Waals surface area (Å²) >= 11 is 3.51. The van der Waals surface area contributed by atoms with Gasteiger partial charge in [-0.15, -0.1) is 0 Å². The summed E-state index contributed by atoms with van der Waals surface area (Å²) in [5.41, 5.74) is 3.23. The lowest BCUT2D eigenvalue weighted by atomic mass is 10.2. The van der Waals surface area contributed by atoms with Gasteiger partial charge in [0.2, 0.25) is 0 Å². The van der Waals surface area contributed by atoms with Gasteiger partial charge in [-0.1, -0.05) is 13.3 Å². The second-order valence-corrected chi connectivity index (χ2v) is 7.75. The highest BCUT2D eigenvalue weighted by Crippen LogP contribution is 2.24. The number of hydrogen-bond donors (Lipinski definition) is 1. The van der Waals surface area contributed by atoms with Gasteiger partial charge in [0.05, 0.1) is 0 Å². The smallest absolute Gasteiger partial charge is 0.160 e. The van der Waals surface area contributed by atoms with Gasteiger partial charge in [-0.3, -0.25) is 0 Å². The van der Waals surface area contributed by atoms with Crippen molar-refractivity contribution in [3.05, 3.63) is 22.1 Å². The third-order valence-electron chi connectivity index (χ3n) is 4.68. The van der Waals surface area contributed by atoms with E-state index in [9.17, 15) is 0 Å². The van der Waals surface area contributed by atoms with Crippen LogP contribution in [0.25, 0.3) is 11.2 Å². The predicted octanol–water partition coefficient (Wildman–Crippen LogP) is 3.77. The quantitative estimate of drug-likeness (QED) is 0.834. The van der Waals surface area contributed by atoms with E-state index in [4.69, 9.17) is 4.98 Å². The topological polar surface area (TPSA) is 46.0 Å². The number of pyridine rings is 1. The molecule has 0 aromatic carbocycles. The lowest BCUT2D eigenvalue weighted by molar-refractivity contribution is 0.248. The summed E-state index contributed by atoms with van der Waals surface area (Å²) in [5, 5.41) is 3.37. The molecule has 25 heavy (non-hydrogen) atoms. The Morgan fingerprint density at radius 2 is 2.12 bits per heavy atom. The fraction of sp³-hybridized carbons (Fsp3) is 0.684. The van der Waals surface area contributed by atoms with Crippen molar-refractivity contribution in [2.75, 3.05) is 26.7 Å². The Morgan fingerprint density at radius 1 is 1.36 bits per heavy atom. The van der Waals surface area contributed by atoms with Crippen LogP contribution in [0, 0.1) is 6.92 Å². The molecule has 1 saturated heterocycles. The molecule has 140 valence electrons. The van der Waals surface area contributed by atoms with Crippen molar-refractivity contribution in [1.29, 1.82) is 0 Å². The van der Waals surface area contributed by atoms with E-state index in [-0.39, 0.29) is 0 Å². The molecule has 1 unspecified atom stereocenters. The van der Waals surface area contributed by atoms with Crippen molar-refractivity contribution in [2.45, 2.75) is 59.5 Å². The van der Waals surface area contributed by atoms with Crippen LogP contribution in [-0.2, 0) is 13.0 Å². The normalized spacial score (nSPS) is 18.2. The first-order valence-electron chi connectivity index (χ1n) is 9.40. The molecule has 2 aromatic heterocycles. The molecular formula is C19H32BrN5. The average molecular weight is 410 g/mol. The highest BCUT2D eigenvalue weighted by Gasteiger charge is 2.13. The maximum atomic E-state index is 4.75. The minimum absolute atomic E-state index is 0.689. The number of likely N-dealkylation sites (N-methyl/N-ethyl adjacent to an activating group) is 1. The molecule has 3 heterocycles. The number of rotatable bonds is 4. The fourth-order valence-corrected chi connectivity index (χ4v) is 3.47. The molecular weight excluding hydrogens is 378 g/mol. The molecule has 0 radical (unpaired) electrons. The standard InChI is InChI=1S/C13H18BrN3.C6H14N2/c1-4-6-7-11-16-12-9(3)10(14)8-15-13(12)17(11)5-2;1-6-5-8(2)4-3-7-6/h8H,4-7H2,1-3H3;6-7H,3-5H2,1-2H3. The number of fused-ring (bicyclic) bond motifs is 1. The molecule has 1 N–H and O–H groups in total. The van der Waals surface area contributed by atoms with Crippen molar-refractivity contribution >= 4 is 27.1 Å². The van der Waals surface area contributed by atoms with E-state index in [1.165, 1.54) is 31.5 Å². The van der Waals surface area contributed by atoms with E-state index in [0.717, 1.165) is 41.0 Å². The largest absolute Gasteiger partial charge is 0.313 e. The Balaban J connectivity index is 0.000000236. The maximum absolute atomic E-state index is 4.75. The van der Waals surface area contributed by atoms with Gasteiger partial charge in [0, 0.05) is 49.3 Å². The Kier molecular flexibility index (Phi) is 7.84. The Labute approximate surface area is 160 Å². The zero-order chi connectivity index (χ0) is 18.4. The highest BCUT2D eigenvalue weighted by molar-refractivity contribution is 9.10. The van der Waals surface area contributed by atoms with Crippen molar-refractivity contribution in [1.82, 2.24) is 24.8 Å². The molecule has 6 heteroatoms. The maximum Gasteiger partial charge on any atom is 0.160 e. The molecule has 1 aliphatic rings. The molecule has 2 aromatic rings. The summed E-state index contributed by atoms with van der Waals surface area (Å²) in [4.78, 5) is 11.6. The van der Waals surface area contributed by atoms with Gasteiger partial charge in [-0.2, -0.15) is 0 Å². The molecule has 3 rings (SSSR count). The van der Waals surface area contributed by atoms with Crippen LogP contribution < -0.4 is 5.32 Å². The zero-order valence-corrected chi connectivity index (χ0v) is 17.9. The van der Waals surface area contributed by atoms with Crippen LogP contribution in [0.1, 0.15) is 45.0 Å². The molecule has 0 saturated carbocycles. The first-order valence-corrected chi connectivity index (χ1v) is 10.2. The second kappa shape index (κ2) is 9.64. The Hall–Kier alpha value is -0.980. The van der Waals surface area contributed by atoms with Crippen LogP contribution in [0.2, 0.25) is 0 Å². The molecule has 0 bridgehead atoms. The highest BCUT2D eigenvalue weighted by atomic mass is 79.9. The van der Waals surface area contributed by atoms with Gasteiger partial charge < -0.3 is 14.8 Å². The van der Waals surface area contributed by atoms with Crippen molar-refractivity contribution in [3.8, 4) is 0 Å². The number of aromatic nitrogens is 3. The van der Waals surface area contributed by atoms with E-state index in [2.05, 4.69) is 70.4 Å². The van der Waals surface area contributed by atoms with Crippen LogP contribution in [0.15, 0.2) is 10.7 Å². The number of nitrogens with one attached hydrogen (secondary N) is 1. The van der Waals surface area contributed by atoms with Crippen molar-refractivity contribution in [3.63, 3.8) is 0 Å². The average Bonchev–Trinajstić information content (AvgIpc) is 2.95. The van der Waals surface area contributed by atoms with Gasteiger partial charge in [0.1, 0.15) is 11.3 Å². The molecule has 1 fully saturated rings. The lowest BCUT2D eigenvalue weighted by Crippen LogP contribution is -2.47. The van der Waals surface area contributed by atoms with Gasteiger partial charge in [-0.25, -0.2) is 9.97 Å². The SMILES string of the molecule is CC1CN(C)CCN1.CCCCc1nc2c(C)c(Br)cnc2n1CC. The molecule has 0 aliphatic carbocycles. The van der Waals surface area contributed by atoms with Crippen LogP contribution in [0.5, 0.6) is 0 Å². The van der Waals surface area contributed by atoms with E-state index in [1.807, 2.05) is 6.20 Å². The van der Waals surface area contributed by atoms with E-state index in [0.29, 0.717) is 6.04 Å². The summed E-state index contributed by atoms with van der Waals surface area (Å²) < 4.78 is 3.26. The van der Waals surface area contributed by atoms with Gasteiger partial charge in [-0.05, 0) is 55.7 Å². The lowest BCUT2D eigenvalue weighted by Gasteiger charge is -2.28. The molecule has 0 spiro atoms. The number of piperazine rings is 1. The zero-order valence-electron chi connectivity index (χ0n) is 16.3. The number of aryl methyl sites for hydroxylation is 3. The Bertz CT molecular complexity index is 674. The van der Waals surface area contributed by atoms with Crippen LogP contribution in [0.4, 0.5) is 0 Å². The third kappa shape index (κ3) is 5.25. The van der Waals surface area contributed by atoms with Crippen LogP contribution in [0.3, 0.4) is 0 Å². The Morgan fingerprint density at radius 3 is 2.68 bits per heavy atom. The van der Waals surface area contributed by atoms with Crippen LogP contribution >= 0.6 is 15.9 Å². The molecule has 0 amide bonds. The minimum atomic E-state index is 0.689.